The van der Waals surface area contributed by atoms with Gasteiger partial charge in [-0.1, -0.05) is 12.1 Å². The van der Waals surface area contributed by atoms with Crippen molar-refractivity contribution >= 4 is 17.3 Å². The molecule has 1 N–H and O–H groups in total. The van der Waals surface area contributed by atoms with Crippen LogP contribution in [0.2, 0.25) is 0 Å². The van der Waals surface area contributed by atoms with Gasteiger partial charge in [-0.05, 0) is 30.3 Å². The smallest absolute Gasteiger partial charge is 0.323 e. The minimum Gasteiger partial charge on any atom is -0.490 e. The molecule has 3 aromatic rings. The van der Waals surface area contributed by atoms with Crippen molar-refractivity contribution in [2.75, 3.05) is 12.4 Å². The molecule has 0 aliphatic heterocycles. The van der Waals surface area contributed by atoms with Gasteiger partial charge in [0.15, 0.2) is 5.75 Å². The van der Waals surface area contributed by atoms with E-state index in [1.54, 1.807) is 41.5 Å². The first-order valence-electron chi connectivity index (χ1n) is 7.31. The predicted octanol–water partition coefficient (Wildman–Crippen LogP) is 3.04. The van der Waals surface area contributed by atoms with Crippen LogP contribution in [0.3, 0.4) is 0 Å². The normalized spacial score (nSPS) is 10.3. The van der Waals surface area contributed by atoms with Crippen molar-refractivity contribution in [3.8, 4) is 11.4 Å². The van der Waals surface area contributed by atoms with Crippen molar-refractivity contribution in [2.45, 2.75) is 0 Å². The number of carbonyl (C=O) groups excluding carboxylic acids is 1. The molecular formula is C17H14N4O4. The maximum Gasteiger partial charge on any atom is 0.323 e. The number of nitro benzene ring substituents is 1. The van der Waals surface area contributed by atoms with Crippen LogP contribution in [0, 0.1) is 10.1 Å². The van der Waals surface area contributed by atoms with E-state index in [-0.39, 0.29) is 17.0 Å². The zero-order chi connectivity index (χ0) is 17.8. The van der Waals surface area contributed by atoms with Gasteiger partial charge in [-0.25, -0.2) is 4.98 Å². The second kappa shape index (κ2) is 6.83. The van der Waals surface area contributed by atoms with Crippen molar-refractivity contribution in [1.82, 2.24) is 9.55 Å². The molecule has 1 aromatic heterocycles. The fraction of sp³-hybridized carbons (Fsp3) is 0.0588. The number of benzene rings is 2. The van der Waals surface area contributed by atoms with Gasteiger partial charge in [0.1, 0.15) is 5.56 Å². The number of anilines is 1. The minimum absolute atomic E-state index is 0.0322. The summed E-state index contributed by atoms with van der Waals surface area (Å²) in [6, 6.07) is 11.4. The lowest BCUT2D eigenvalue weighted by Gasteiger charge is -2.09. The molecule has 0 saturated carbocycles. The quantitative estimate of drug-likeness (QED) is 0.569. The summed E-state index contributed by atoms with van der Waals surface area (Å²) in [4.78, 5) is 27.2. The fourth-order valence-corrected chi connectivity index (χ4v) is 2.41. The Kier molecular flexibility index (Phi) is 4.42. The van der Waals surface area contributed by atoms with Crippen LogP contribution in [0.1, 0.15) is 10.4 Å². The molecule has 2 aromatic carbocycles. The first-order chi connectivity index (χ1) is 12.1. The van der Waals surface area contributed by atoms with Crippen LogP contribution in [0.25, 0.3) is 5.69 Å². The lowest BCUT2D eigenvalue weighted by molar-refractivity contribution is -0.386. The highest BCUT2D eigenvalue weighted by Gasteiger charge is 2.25. The SMILES string of the molecule is COc1cccc(C(=O)Nc2cccc(-n3ccnc3)c2)c1[N+](=O)[O-]. The van der Waals surface area contributed by atoms with Gasteiger partial charge < -0.3 is 14.6 Å². The number of nitrogens with one attached hydrogen (secondary N) is 1. The van der Waals surface area contributed by atoms with E-state index in [1.807, 2.05) is 6.07 Å². The second-order valence-corrected chi connectivity index (χ2v) is 5.09. The van der Waals surface area contributed by atoms with E-state index in [9.17, 15) is 14.9 Å². The van der Waals surface area contributed by atoms with Crippen molar-refractivity contribution in [3.05, 3.63) is 76.9 Å². The summed E-state index contributed by atoms with van der Waals surface area (Å²) in [6.07, 6.45) is 5.05. The van der Waals surface area contributed by atoms with Gasteiger partial charge in [-0.15, -0.1) is 0 Å². The highest BCUT2D eigenvalue weighted by atomic mass is 16.6. The van der Waals surface area contributed by atoms with Gasteiger partial charge in [0.05, 0.1) is 18.4 Å². The Morgan fingerprint density at radius 3 is 2.76 bits per heavy atom. The third-order valence-corrected chi connectivity index (χ3v) is 3.55. The molecule has 1 amide bonds. The summed E-state index contributed by atoms with van der Waals surface area (Å²) in [5.74, 6) is -0.557. The van der Waals surface area contributed by atoms with Gasteiger partial charge in [0.25, 0.3) is 5.91 Å². The van der Waals surface area contributed by atoms with Crippen LogP contribution in [-0.4, -0.2) is 27.5 Å². The van der Waals surface area contributed by atoms with Gasteiger partial charge in [-0.2, -0.15) is 0 Å². The number of nitro groups is 1. The van der Waals surface area contributed by atoms with Gasteiger partial charge in [-0.3, -0.25) is 14.9 Å². The minimum atomic E-state index is -0.629. The molecule has 1 heterocycles. The van der Waals surface area contributed by atoms with Crippen LogP contribution >= 0.6 is 0 Å². The maximum atomic E-state index is 12.5. The molecule has 0 fully saturated rings. The molecule has 8 nitrogen and oxygen atoms in total. The first kappa shape index (κ1) is 16.2. The van der Waals surface area contributed by atoms with Gasteiger partial charge >= 0.3 is 5.69 Å². The summed E-state index contributed by atoms with van der Waals surface area (Å²) in [5.41, 5.74) is 0.870. The Morgan fingerprint density at radius 1 is 1.28 bits per heavy atom. The molecule has 126 valence electrons. The average molecular weight is 338 g/mol. The van der Waals surface area contributed by atoms with Crippen LogP contribution < -0.4 is 10.1 Å². The summed E-state index contributed by atoms with van der Waals surface area (Å²) < 4.78 is 6.77. The number of carbonyl (C=O) groups is 1. The number of methoxy groups -OCH3 is 1. The fourth-order valence-electron chi connectivity index (χ4n) is 2.41. The topological polar surface area (TPSA) is 99.3 Å². The van der Waals surface area contributed by atoms with E-state index >= 15 is 0 Å². The van der Waals surface area contributed by atoms with E-state index in [0.29, 0.717) is 5.69 Å². The van der Waals surface area contributed by atoms with Crippen molar-refractivity contribution in [2.24, 2.45) is 0 Å². The summed E-state index contributed by atoms with van der Waals surface area (Å²) in [5, 5.41) is 14.0. The van der Waals surface area contributed by atoms with Crippen LogP contribution in [0.15, 0.2) is 61.2 Å². The third kappa shape index (κ3) is 3.32. The summed E-state index contributed by atoms with van der Waals surface area (Å²) >= 11 is 0. The highest BCUT2D eigenvalue weighted by molar-refractivity contribution is 6.07. The highest BCUT2D eigenvalue weighted by Crippen LogP contribution is 2.31. The van der Waals surface area contributed by atoms with Crippen molar-refractivity contribution < 1.29 is 14.5 Å². The molecule has 8 heteroatoms. The molecule has 0 radical (unpaired) electrons. The monoisotopic (exact) mass is 338 g/mol. The van der Waals surface area contributed by atoms with Crippen molar-refractivity contribution in [3.63, 3.8) is 0 Å². The van der Waals surface area contributed by atoms with Crippen LogP contribution in [-0.2, 0) is 0 Å². The Balaban J connectivity index is 1.91. The molecule has 0 saturated heterocycles. The Hall–Kier alpha value is -3.68. The lowest BCUT2D eigenvalue weighted by atomic mass is 10.1. The second-order valence-electron chi connectivity index (χ2n) is 5.09. The van der Waals surface area contributed by atoms with Crippen molar-refractivity contribution in [1.29, 1.82) is 0 Å². The molecule has 0 spiro atoms. The molecule has 0 atom stereocenters. The number of amides is 1. The maximum absolute atomic E-state index is 12.5. The molecule has 25 heavy (non-hydrogen) atoms. The van der Waals surface area contributed by atoms with E-state index in [1.165, 1.54) is 25.3 Å². The zero-order valence-electron chi connectivity index (χ0n) is 13.2. The number of rotatable bonds is 5. The standard InChI is InChI=1S/C17H14N4O4/c1-25-15-7-3-6-14(16(15)21(23)24)17(22)19-12-4-2-5-13(10-12)20-9-8-18-11-20/h2-11H,1H3,(H,19,22). The number of hydrogen-bond donors (Lipinski definition) is 1. The van der Waals surface area contributed by atoms with E-state index in [4.69, 9.17) is 4.74 Å². The lowest BCUT2D eigenvalue weighted by Crippen LogP contribution is -2.14. The van der Waals surface area contributed by atoms with E-state index in [2.05, 4.69) is 10.3 Å². The average Bonchev–Trinajstić information content (AvgIpc) is 3.15. The molecule has 0 unspecified atom stereocenters. The largest absolute Gasteiger partial charge is 0.490 e. The molecule has 0 bridgehead atoms. The predicted molar refractivity (Wildman–Crippen MR) is 91.2 cm³/mol. The number of ether oxygens (including phenoxy) is 1. The molecular weight excluding hydrogens is 324 g/mol. The van der Waals surface area contributed by atoms with Crippen LogP contribution in [0.4, 0.5) is 11.4 Å². The Morgan fingerprint density at radius 2 is 2.08 bits per heavy atom. The first-order valence-corrected chi connectivity index (χ1v) is 7.31. The van der Waals surface area contributed by atoms with Crippen LogP contribution in [0.5, 0.6) is 5.75 Å². The molecule has 0 aliphatic carbocycles. The van der Waals surface area contributed by atoms with Gasteiger partial charge in [0.2, 0.25) is 0 Å². The Bertz CT molecular complexity index is 922. The third-order valence-electron chi connectivity index (χ3n) is 3.55. The molecule has 0 aliphatic rings. The number of imidazole rings is 1. The number of para-hydroxylation sites is 1. The van der Waals surface area contributed by atoms with E-state index in [0.717, 1.165) is 5.69 Å². The number of nitrogens with zero attached hydrogens (tertiary/aromatic N) is 3. The summed E-state index contributed by atoms with van der Waals surface area (Å²) in [6.45, 7) is 0. The number of hydrogen-bond acceptors (Lipinski definition) is 5. The molecule has 3 rings (SSSR count). The Labute approximate surface area is 142 Å². The number of aromatic nitrogens is 2. The van der Waals surface area contributed by atoms with E-state index < -0.39 is 10.8 Å². The zero-order valence-corrected chi connectivity index (χ0v) is 13.2. The summed E-state index contributed by atoms with van der Waals surface area (Å²) in [7, 11) is 1.32. The van der Waals surface area contributed by atoms with Gasteiger partial charge in [0, 0.05) is 23.8 Å².